The van der Waals surface area contributed by atoms with Gasteiger partial charge >= 0.3 is 0 Å². The second kappa shape index (κ2) is 7.23. The van der Waals surface area contributed by atoms with Crippen LogP contribution in [-0.2, 0) is 9.16 Å². The Hall–Kier alpha value is -1.68. The molecule has 0 amide bonds. The van der Waals surface area contributed by atoms with E-state index in [-0.39, 0.29) is 16.7 Å². The molecule has 2 fully saturated rings. The van der Waals surface area contributed by atoms with E-state index in [1.54, 1.807) is 0 Å². The maximum atomic E-state index is 7.43. The lowest BCUT2D eigenvalue weighted by Gasteiger charge is -2.47. The minimum absolute atomic E-state index is 0.0212. The summed E-state index contributed by atoms with van der Waals surface area (Å²) in [5.74, 6) is 0.471. The van der Waals surface area contributed by atoms with Crippen LogP contribution in [0, 0.1) is 5.92 Å². The van der Waals surface area contributed by atoms with Crippen molar-refractivity contribution in [1.29, 1.82) is 0 Å². The Morgan fingerprint density at radius 1 is 1.00 bits per heavy atom. The fourth-order valence-corrected chi connectivity index (χ4v) is 9.93. The van der Waals surface area contributed by atoms with Gasteiger partial charge in [-0.3, -0.25) is 0 Å². The van der Waals surface area contributed by atoms with E-state index in [2.05, 4.69) is 102 Å². The normalized spacial score (nSPS) is 29.2. The lowest BCUT2D eigenvalue weighted by atomic mass is 9.78. The summed E-state index contributed by atoms with van der Waals surface area (Å²) in [7, 11) is -2.57. The van der Waals surface area contributed by atoms with Crippen LogP contribution in [0.1, 0.15) is 47.5 Å². The van der Waals surface area contributed by atoms with Crippen molar-refractivity contribution in [2.75, 3.05) is 0 Å². The fraction of sp³-hybridized carbons (Fsp3) is 0.462. The van der Waals surface area contributed by atoms with E-state index < -0.39 is 8.32 Å². The lowest BCUT2D eigenvalue weighted by molar-refractivity contribution is 0.0770. The average molecular weight is 407 g/mol. The predicted molar refractivity (Wildman–Crippen MR) is 123 cm³/mol. The molecule has 154 valence electrons. The second-order valence-electron chi connectivity index (χ2n) is 10.1. The molecule has 29 heavy (non-hydrogen) atoms. The zero-order valence-corrected chi connectivity index (χ0v) is 19.4. The van der Waals surface area contributed by atoms with Crippen molar-refractivity contribution in [3.63, 3.8) is 0 Å². The number of rotatable bonds is 5. The fourth-order valence-electron chi connectivity index (χ4n) is 5.16. The van der Waals surface area contributed by atoms with Gasteiger partial charge in [-0.15, -0.1) is 0 Å². The summed E-state index contributed by atoms with van der Waals surface area (Å²) >= 11 is 0. The van der Waals surface area contributed by atoms with Crippen molar-refractivity contribution in [3.05, 3.63) is 72.8 Å². The molecular formula is C26H34O2Si. The summed E-state index contributed by atoms with van der Waals surface area (Å²) in [4.78, 5) is 0. The van der Waals surface area contributed by atoms with E-state index in [0.717, 1.165) is 12.8 Å². The molecule has 1 saturated carbocycles. The number of benzene rings is 2. The third-order valence-corrected chi connectivity index (χ3v) is 12.1. The second-order valence-corrected chi connectivity index (χ2v) is 14.3. The molecule has 3 heteroatoms. The minimum Gasteiger partial charge on any atom is -0.401 e. The standard InChI is InChI=1S/C26H34O2Si/c1-19(2)20-17-23-26(6,27-23)24(18-20)28-29(25(3,4)5,21-13-9-7-10-14-21)22-15-11-8-12-16-22/h7-16,20,23-24H,1,17-18H2,2-6H3/t20-,23-,24+,26-/m1/s1. The van der Waals surface area contributed by atoms with Gasteiger partial charge in [0, 0.05) is 0 Å². The molecular weight excluding hydrogens is 372 g/mol. The van der Waals surface area contributed by atoms with Crippen LogP contribution in [-0.4, -0.2) is 26.1 Å². The Balaban J connectivity index is 1.84. The van der Waals surface area contributed by atoms with Crippen LogP contribution in [0.15, 0.2) is 72.8 Å². The SMILES string of the molecule is C=C(C)[C@H]1C[C@H](O[Si](c2ccccc2)(c2ccccc2)C(C)(C)C)[C@]2(C)O[C@@H]2C1. The zero-order chi connectivity index (χ0) is 20.9. The quantitative estimate of drug-likeness (QED) is 0.393. The van der Waals surface area contributed by atoms with Gasteiger partial charge in [0.1, 0.15) is 5.60 Å². The maximum Gasteiger partial charge on any atom is 0.261 e. The molecule has 2 aliphatic rings. The molecule has 1 saturated heterocycles. The smallest absolute Gasteiger partial charge is 0.261 e. The van der Waals surface area contributed by atoms with Gasteiger partial charge in [-0.25, -0.2) is 0 Å². The van der Waals surface area contributed by atoms with Crippen molar-refractivity contribution in [2.45, 2.75) is 70.3 Å². The molecule has 4 atom stereocenters. The van der Waals surface area contributed by atoms with E-state index in [0.29, 0.717) is 12.0 Å². The molecule has 2 aromatic rings. The minimum atomic E-state index is -2.57. The molecule has 1 aliphatic carbocycles. The third kappa shape index (κ3) is 3.43. The van der Waals surface area contributed by atoms with Crippen molar-refractivity contribution >= 4 is 18.7 Å². The highest BCUT2D eigenvalue weighted by Crippen LogP contribution is 2.53. The molecule has 0 aromatic heterocycles. The summed E-state index contributed by atoms with van der Waals surface area (Å²) in [6.07, 6.45) is 2.44. The molecule has 0 unspecified atom stereocenters. The Bertz CT molecular complexity index is 831. The Morgan fingerprint density at radius 2 is 1.52 bits per heavy atom. The molecule has 2 nitrogen and oxygen atoms in total. The third-order valence-electron chi connectivity index (χ3n) is 7.05. The Morgan fingerprint density at radius 3 is 1.97 bits per heavy atom. The predicted octanol–water partition coefficient (Wildman–Crippen LogP) is 5.08. The van der Waals surface area contributed by atoms with Crippen molar-refractivity contribution in [3.8, 4) is 0 Å². The van der Waals surface area contributed by atoms with Crippen molar-refractivity contribution in [1.82, 2.24) is 0 Å². The summed E-state index contributed by atoms with van der Waals surface area (Å²) in [6.45, 7) is 15.7. The zero-order valence-electron chi connectivity index (χ0n) is 18.4. The molecule has 0 N–H and O–H groups in total. The average Bonchev–Trinajstić information content (AvgIpc) is 3.37. The number of allylic oxidation sites excluding steroid dienone is 1. The summed E-state index contributed by atoms with van der Waals surface area (Å²) in [5.41, 5.74) is 1.08. The van der Waals surface area contributed by atoms with Crippen LogP contribution in [0.3, 0.4) is 0 Å². The van der Waals surface area contributed by atoms with Gasteiger partial charge in [0.05, 0.1) is 12.2 Å². The van der Waals surface area contributed by atoms with Crippen LogP contribution < -0.4 is 10.4 Å². The van der Waals surface area contributed by atoms with Gasteiger partial charge in [-0.05, 0) is 48.0 Å². The Labute approximate surface area is 177 Å². The largest absolute Gasteiger partial charge is 0.401 e. The van der Waals surface area contributed by atoms with Gasteiger partial charge in [0.2, 0.25) is 0 Å². The molecule has 2 aromatic carbocycles. The van der Waals surface area contributed by atoms with Crippen molar-refractivity contribution in [2.24, 2.45) is 5.92 Å². The monoisotopic (exact) mass is 406 g/mol. The highest BCUT2D eigenvalue weighted by atomic mass is 28.4. The molecule has 1 aliphatic heterocycles. The van der Waals surface area contributed by atoms with Crippen molar-refractivity contribution < 1.29 is 9.16 Å². The van der Waals surface area contributed by atoms with Gasteiger partial charge in [0.15, 0.2) is 0 Å². The number of hydrogen-bond donors (Lipinski definition) is 0. The first-order valence-electron chi connectivity index (χ1n) is 10.8. The van der Waals surface area contributed by atoms with E-state index >= 15 is 0 Å². The molecule has 1 heterocycles. The topological polar surface area (TPSA) is 21.8 Å². The summed E-state index contributed by atoms with van der Waals surface area (Å²) < 4.78 is 13.7. The first kappa shape index (κ1) is 20.6. The van der Waals surface area contributed by atoms with E-state index in [9.17, 15) is 0 Å². The molecule has 0 spiro atoms. The maximum absolute atomic E-state index is 7.43. The number of epoxide rings is 1. The summed E-state index contributed by atoms with van der Waals surface area (Å²) in [6, 6.07) is 21.8. The Kier molecular flexibility index (Phi) is 5.13. The summed E-state index contributed by atoms with van der Waals surface area (Å²) in [5, 5.41) is 2.64. The van der Waals surface area contributed by atoms with Crippen LogP contribution in [0.4, 0.5) is 0 Å². The first-order valence-corrected chi connectivity index (χ1v) is 12.7. The van der Waals surface area contributed by atoms with Crippen LogP contribution in [0.5, 0.6) is 0 Å². The van der Waals surface area contributed by atoms with Crippen LogP contribution >= 0.6 is 0 Å². The molecule has 4 rings (SSSR count). The molecule has 0 radical (unpaired) electrons. The van der Waals surface area contributed by atoms with Gasteiger partial charge in [-0.1, -0.05) is 93.6 Å². The first-order chi connectivity index (χ1) is 13.7. The van der Waals surface area contributed by atoms with E-state index in [1.165, 1.54) is 15.9 Å². The lowest BCUT2D eigenvalue weighted by Crippen LogP contribution is -2.69. The van der Waals surface area contributed by atoms with Gasteiger partial charge in [-0.2, -0.15) is 0 Å². The number of ether oxygens (including phenoxy) is 1. The van der Waals surface area contributed by atoms with Gasteiger partial charge < -0.3 is 9.16 Å². The van der Waals surface area contributed by atoms with E-state index in [1.807, 2.05) is 0 Å². The number of hydrogen-bond acceptors (Lipinski definition) is 2. The van der Waals surface area contributed by atoms with Crippen LogP contribution in [0.2, 0.25) is 5.04 Å². The highest BCUT2D eigenvalue weighted by Gasteiger charge is 2.64. The van der Waals surface area contributed by atoms with Gasteiger partial charge in [0.25, 0.3) is 8.32 Å². The number of fused-ring (bicyclic) bond motifs is 1. The molecule has 0 bridgehead atoms. The van der Waals surface area contributed by atoms with Crippen LogP contribution in [0.25, 0.3) is 0 Å². The van der Waals surface area contributed by atoms with E-state index in [4.69, 9.17) is 9.16 Å². The highest BCUT2D eigenvalue weighted by molar-refractivity contribution is 6.99.